The summed E-state index contributed by atoms with van der Waals surface area (Å²) in [6, 6.07) is 6.65. The van der Waals surface area contributed by atoms with E-state index in [-0.39, 0.29) is 11.3 Å². The van der Waals surface area contributed by atoms with Crippen LogP contribution in [0.3, 0.4) is 0 Å². The van der Waals surface area contributed by atoms with Crippen LogP contribution in [0.15, 0.2) is 40.9 Å². The third kappa shape index (κ3) is 3.79. The number of benzene rings is 2. The molecule has 0 aromatic heterocycles. The molecule has 122 valence electrons. The van der Waals surface area contributed by atoms with E-state index < -0.39 is 27.2 Å². The Morgan fingerprint density at radius 3 is 2.08 bits per heavy atom. The first-order chi connectivity index (χ1) is 11.3. The number of ether oxygens (including phenoxy) is 1. The summed E-state index contributed by atoms with van der Waals surface area (Å²) in [5.41, 5.74) is -1.21. The molecule has 0 aliphatic carbocycles. The SMILES string of the molecule is O=Cc1ccc(OC(=O)c2cc([N+](=O)[O-])cc([N+](=O)[O-])c2)c(Br)c1. The van der Waals surface area contributed by atoms with Crippen LogP contribution in [0.2, 0.25) is 0 Å². The number of hydrogen-bond acceptors (Lipinski definition) is 7. The zero-order valence-corrected chi connectivity index (χ0v) is 13.3. The number of nitro benzene ring substituents is 2. The van der Waals surface area contributed by atoms with Gasteiger partial charge in [-0.25, -0.2) is 4.79 Å². The fourth-order valence-corrected chi connectivity index (χ4v) is 2.23. The zero-order chi connectivity index (χ0) is 17.9. The Kier molecular flexibility index (Phi) is 4.99. The van der Waals surface area contributed by atoms with Gasteiger partial charge in [0.1, 0.15) is 12.0 Å². The number of nitro groups is 2. The molecular weight excluding hydrogens is 388 g/mol. The van der Waals surface area contributed by atoms with E-state index in [0.29, 0.717) is 16.3 Å². The largest absolute Gasteiger partial charge is 0.422 e. The van der Waals surface area contributed by atoms with Crippen LogP contribution in [0.25, 0.3) is 0 Å². The second kappa shape index (κ2) is 6.96. The molecule has 24 heavy (non-hydrogen) atoms. The number of rotatable bonds is 5. The molecule has 0 saturated carbocycles. The Bertz CT molecular complexity index is 834. The topological polar surface area (TPSA) is 130 Å². The number of non-ortho nitro benzene ring substituents is 2. The normalized spacial score (nSPS) is 10.0. The van der Waals surface area contributed by atoms with Crippen molar-refractivity contribution < 1.29 is 24.2 Å². The van der Waals surface area contributed by atoms with Gasteiger partial charge in [0.15, 0.2) is 0 Å². The van der Waals surface area contributed by atoms with Crippen LogP contribution < -0.4 is 4.74 Å². The first kappa shape index (κ1) is 17.2. The summed E-state index contributed by atoms with van der Waals surface area (Å²) < 4.78 is 5.36. The van der Waals surface area contributed by atoms with Crippen LogP contribution in [0.1, 0.15) is 20.7 Å². The number of aldehydes is 1. The van der Waals surface area contributed by atoms with Gasteiger partial charge in [-0.15, -0.1) is 0 Å². The number of carbonyl (C=O) groups excluding carboxylic acids is 2. The predicted molar refractivity (Wildman–Crippen MR) is 84.2 cm³/mol. The van der Waals surface area contributed by atoms with Gasteiger partial charge in [0.05, 0.1) is 25.9 Å². The quantitative estimate of drug-likeness (QED) is 0.250. The summed E-state index contributed by atoms with van der Waals surface area (Å²) in [6.07, 6.45) is 0.597. The summed E-state index contributed by atoms with van der Waals surface area (Å²) >= 11 is 3.11. The van der Waals surface area contributed by atoms with Crippen LogP contribution in [-0.2, 0) is 0 Å². The second-order valence-corrected chi connectivity index (χ2v) is 5.30. The molecule has 0 aliphatic rings. The smallest absolute Gasteiger partial charge is 0.344 e. The molecule has 0 radical (unpaired) electrons. The van der Waals surface area contributed by atoms with E-state index in [1.807, 2.05) is 0 Å². The van der Waals surface area contributed by atoms with Gasteiger partial charge in [0.2, 0.25) is 0 Å². The molecule has 2 rings (SSSR count). The first-order valence-corrected chi connectivity index (χ1v) is 7.02. The fourth-order valence-electron chi connectivity index (χ4n) is 1.76. The van der Waals surface area contributed by atoms with Crippen molar-refractivity contribution >= 4 is 39.6 Å². The lowest BCUT2D eigenvalue weighted by atomic mass is 10.1. The molecule has 0 bridgehead atoms. The highest BCUT2D eigenvalue weighted by Gasteiger charge is 2.21. The minimum Gasteiger partial charge on any atom is -0.422 e. The molecule has 0 atom stereocenters. The number of hydrogen-bond donors (Lipinski definition) is 0. The summed E-state index contributed by atoms with van der Waals surface area (Å²) in [6.45, 7) is 0. The molecule has 0 aliphatic heterocycles. The van der Waals surface area contributed by atoms with E-state index >= 15 is 0 Å². The van der Waals surface area contributed by atoms with Crippen molar-refractivity contribution in [3.8, 4) is 5.75 Å². The van der Waals surface area contributed by atoms with Crippen LogP contribution >= 0.6 is 15.9 Å². The molecule has 2 aromatic carbocycles. The van der Waals surface area contributed by atoms with Crippen molar-refractivity contribution in [3.05, 3.63) is 72.2 Å². The van der Waals surface area contributed by atoms with Crippen LogP contribution in [-0.4, -0.2) is 22.1 Å². The summed E-state index contributed by atoms with van der Waals surface area (Å²) in [5.74, 6) is -0.957. The van der Waals surface area contributed by atoms with Crippen molar-refractivity contribution in [3.63, 3.8) is 0 Å². The van der Waals surface area contributed by atoms with Crippen LogP contribution in [0, 0.1) is 20.2 Å². The van der Waals surface area contributed by atoms with Crippen molar-refractivity contribution in [2.24, 2.45) is 0 Å². The molecule has 0 saturated heterocycles. The fraction of sp³-hybridized carbons (Fsp3) is 0. The summed E-state index contributed by atoms with van der Waals surface area (Å²) in [7, 11) is 0. The number of halogens is 1. The van der Waals surface area contributed by atoms with Crippen LogP contribution in [0.5, 0.6) is 5.75 Å². The standard InChI is InChI=1S/C14H7BrN2O7/c15-12-3-8(7-18)1-2-13(12)24-14(19)9-4-10(16(20)21)6-11(5-9)17(22)23/h1-7H. The van der Waals surface area contributed by atoms with E-state index in [9.17, 15) is 29.8 Å². The van der Waals surface area contributed by atoms with Crippen molar-refractivity contribution in [2.45, 2.75) is 0 Å². The summed E-state index contributed by atoms with van der Waals surface area (Å²) in [4.78, 5) is 42.7. The molecule has 0 heterocycles. The molecule has 2 aromatic rings. The van der Waals surface area contributed by atoms with Crippen molar-refractivity contribution in [1.29, 1.82) is 0 Å². The molecule has 9 nitrogen and oxygen atoms in total. The lowest BCUT2D eigenvalue weighted by Crippen LogP contribution is -2.10. The van der Waals surface area contributed by atoms with Gasteiger partial charge in [-0.1, -0.05) is 0 Å². The minimum absolute atomic E-state index is 0.0553. The minimum atomic E-state index is -1.01. The van der Waals surface area contributed by atoms with E-state index in [1.165, 1.54) is 18.2 Å². The maximum absolute atomic E-state index is 12.1. The Morgan fingerprint density at radius 2 is 1.62 bits per heavy atom. The average Bonchev–Trinajstić information content (AvgIpc) is 2.55. The van der Waals surface area contributed by atoms with Gasteiger partial charge >= 0.3 is 5.97 Å². The van der Waals surface area contributed by atoms with Gasteiger partial charge in [0, 0.05) is 17.7 Å². The van der Waals surface area contributed by atoms with Crippen LogP contribution in [0.4, 0.5) is 11.4 Å². The van der Waals surface area contributed by atoms with Gasteiger partial charge in [-0.2, -0.15) is 0 Å². The van der Waals surface area contributed by atoms with Gasteiger partial charge in [-0.3, -0.25) is 25.0 Å². The third-order valence-electron chi connectivity index (χ3n) is 2.85. The third-order valence-corrected chi connectivity index (χ3v) is 3.47. The molecular formula is C14H7BrN2O7. The van der Waals surface area contributed by atoms with Gasteiger partial charge < -0.3 is 4.74 Å². The van der Waals surface area contributed by atoms with Crippen molar-refractivity contribution in [2.75, 3.05) is 0 Å². The zero-order valence-electron chi connectivity index (χ0n) is 11.7. The lowest BCUT2D eigenvalue weighted by molar-refractivity contribution is -0.394. The molecule has 0 amide bonds. The van der Waals surface area contributed by atoms with E-state index in [0.717, 1.165) is 18.2 Å². The lowest BCUT2D eigenvalue weighted by Gasteiger charge is -2.07. The van der Waals surface area contributed by atoms with Gasteiger partial charge in [0.25, 0.3) is 11.4 Å². The van der Waals surface area contributed by atoms with E-state index in [2.05, 4.69) is 15.9 Å². The number of carbonyl (C=O) groups is 2. The maximum Gasteiger partial charge on any atom is 0.344 e. The summed E-state index contributed by atoms with van der Waals surface area (Å²) in [5, 5.41) is 21.6. The van der Waals surface area contributed by atoms with Crippen molar-refractivity contribution in [1.82, 2.24) is 0 Å². The highest BCUT2D eigenvalue weighted by molar-refractivity contribution is 9.10. The molecule has 0 fully saturated rings. The monoisotopic (exact) mass is 394 g/mol. The Balaban J connectivity index is 2.37. The van der Waals surface area contributed by atoms with Gasteiger partial charge in [-0.05, 0) is 34.1 Å². The highest BCUT2D eigenvalue weighted by atomic mass is 79.9. The molecule has 0 spiro atoms. The highest BCUT2D eigenvalue weighted by Crippen LogP contribution is 2.28. The van der Waals surface area contributed by atoms with E-state index in [1.54, 1.807) is 0 Å². The molecule has 0 unspecified atom stereocenters. The maximum atomic E-state index is 12.1. The van der Waals surface area contributed by atoms with E-state index in [4.69, 9.17) is 4.74 Å². The Morgan fingerprint density at radius 1 is 1.04 bits per heavy atom. The first-order valence-electron chi connectivity index (χ1n) is 6.22. The number of esters is 1. The second-order valence-electron chi connectivity index (χ2n) is 4.45. The number of nitrogens with zero attached hydrogens (tertiary/aromatic N) is 2. The molecule has 10 heteroatoms. The average molecular weight is 395 g/mol. The molecule has 0 N–H and O–H groups in total. The predicted octanol–water partition coefficient (Wildman–Crippen LogP) is 3.30. The Hall–Kier alpha value is -3.14. The Labute approximate surface area is 142 Å².